The zero-order valence-electron chi connectivity index (χ0n) is 13.7. The first kappa shape index (κ1) is 18.0. The topological polar surface area (TPSA) is 85.3 Å². The molecule has 0 atom stereocenters. The number of fused-ring (bicyclic) bond motifs is 1. The number of hydrogen-bond acceptors (Lipinski definition) is 5. The molecule has 4 rings (SSSR count). The van der Waals surface area contributed by atoms with E-state index in [4.69, 9.17) is 16.0 Å². The molecule has 0 aliphatic carbocycles. The van der Waals surface area contributed by atoms with Crippen LogP contribution in [0, 0.1) is 0 Å². The number of alkyl halides is 3. The van der Waals surface area contributed by atoms with Crippen molar-refractivity contribution in [2.75, 3.05) is 5.32 Å². The second-order valence-electron chi connectivity index (χ2n) is 5.61. The summed E-state index contributed by atoms with van der Waals surface area (Å²) in [6.07, 6.45) is -3.45. The van der Waals surface area contributed by atoms with Gasteiger partial charge in [0, 0.05) is 10.7 Å². The highest BCUT2D eigenvalue weighted by atomic mass is 35.5. The molecule has 0 unspecified atom stereocenters. The molecule has 1 amide bonds. The summed E-state index contributed by atoms with van der Waals surface area (Å²) in [6.45, 7) is 0. The molecule has 4 aromatic rings. The van der Waals surface area contributed by atoms with Gasteiger partial charge < -0.3 is 9.73 Å². The third kappa shape index (κ3) is 3.41. The molecule has 1 N–H and O–H groups in total. The fourth-order valence-corrected chi connectivity index (χ4v) is 2.66. The summed E-state index contributed by atoms with van der Waals surface area (Å²) in [5, 5.41) is 6.52. The molecule has 0 saturated carbocycles. The van der Waals surface area contributed by atoms with Gasteiger partial charge in [-0.25, -0.2) is 4.98 Å². The summed E-state index contributed by atoms with van der Waals surface area (Å²) >= 11 is 5.85. The van der Waals surface area contributed by atoms with Gasteiger partial charge in [-0.1, -0.05) is 17.7 Å². The highest BCUT2D eigenvalue weighted by Gasteiger charge is 2.36. The summed E-state index contributed by atoms with van der Waals surface area (Å²) in [6, 6.07) is 10.0. The van der Waals surface area contributed by atoms with E-state index < -0.39 is 29.4 Å². The molecule has 11 heteroatoms. The van der Waals surface area contributed by atoms with Gasteiger partial charge in [-0.15, -0.1) is 5.10 Å². The Morgan fingerprint density at radius 3 is 2.64 bits per heavy atom. The average molecular weight is 408 g/mol. The second-order valence-corrected chi connectivity index (χ2v) is 6.05. The zero-order valence-corrected chi connectivity index (χ0v) is 14.5. The summed E-state index contributed by atoms with van der Waals surface area (Å²) < 4.78 is 46.0. The number of hydrogen-bond donors (Lipinski definition) is 1. The number of aromatic nitrogens is 4. The van der Waals surface area contributed by atoms with Crippen molar-refractivity contribution in [2.45, 2.75) is 6.18 Å². The molecule has 7 nitrogen and oxygen atoms in total. The minimum atomic E-state index is -4.75. The molecule has 3 aromatic heterocycles. The number of furan rings is 1. The van der Waals surface area contributed by atoms with Crippen LogP contribution >= 0.6 is 11.6 Å². The maximum absolute atomic E-state index is 13.5. The zero-order chi connectivity index (χ0) is 19.9. The quantitative estimate of drug-likeness (QED) is 0.547. The van der Waals surface area contributed by atoms with Crippen LogP contribution in [0.15, 0.2) is 53.1 Å². The van der Waals surface area contributed by atoms with Crippen molar-refractivity contribution in [3.05, 3.63) is 65.3 Å². The van der Waals surface area contributed by atoms with Gasteiger partial charge in [-0.05, 0) is 36.4 Å². The molecular weight excluding hydrogens is 399 g/mol. The van der Waals surface area contributed by atoms with Gasteiger partial charge in [-0.2, -0.15) is 22.7 Å². The number of carbonyl (C=O) groups is 1. The smallest absolute Gasteiger partial charge is 0.433 e. The number of nitrogens with zero attached hydrogens (tertiary/aromatic N) is 4. The summed E-state index contributed by atoms with van der Waals surface area (Å²) in [4.78, 5) is 20.2. The van der Waals surface area contributed by atoms with Crippen molar-refractivity contribution in [1.29, 1.82) is 0 Å². The minimum absolute atomic E-state index is 0.0842. The number of halogens is 4. The Kier molecular flexibility index (Phi) is 4.27. The summed E-state index contributed by atoms with van der Waals surface area (Å²) in [5.74, 6) is -1.55. The Hall–Kier alpha value is -3.40. The number of carbonyl (C=O) groups excluding carboxylic acids is 1. The first-order chi connectivity index (χ1) is 13.3. The van der Waals surface area contributed by atoms with Crippen LogP contribution in [0.5, 0.6) is 0 Å². The van der Waals surface area contributed by atoms with Crippen LogP contribution in [0.1, 0.15) is 16.3 Å². The van der Waals surface area contributed by atoms with Gasteiger partial charge in [0.25, 0.3) is 11.7 Å². The number of anilines is 1. The van der Waals surface area contributed by atoms with E-state index in [-0.39, 0.29) is 11.5 Å². The van der Waals surface area contributed by atoms with Crippen LogP contribution in [-0.4, -0.2) is 25.5 Å². The Morgan fingerprint density at radius 1 is 1.14 bits per heavy atom. The van der Waals surface area contributed by atoms with Crippen LogP contribution in [0.25, 0.3) is 17.2 Å². The lowest BCUT2D eigenvalue weighted by Gasteiger charge is -2.09. The van der Waals surface area contributed by atoms with Crippen molar-refractivity contribution >= 4 is 29.0 Å². The maximum Gasteiger partial charge on any atom is 0.433 e. The third-order valence-electron chi connectivity index (χ3n) is 3.66. The molecule has 0 radical (unpaired) electrons. The standard InChI is InChI=1S/C17H9ClF3N5O2/c18-9-3-1-4-10(7-9)22-15(27)14-24-16-23-11(12-5-2-6-28-12)8-13(17(19,20)21)26(16)25-14/h1-8H,(H,22,27). The van der Waals surface area contributed by atoms with Crippen LogP contribution in [0.2, 0.25) is 5.02 Å². The van der Waals surface area contributed by atoms with Crippen molar-refractivity contribution < 1.29 is 22.4 Å². The van der Waals surface area contributed by atoms with Crippen molar-refractivity contribution in [3.8, 4) is 11.5 Å². The van der Waals surface area contributed by atoms with Gasteiger partial charge >= 0.3 is 6.18 Å². The summed E-state index contributed by atoms with van der Waals surface area (Å²) in [5.41, 5.74) is -0.881. The van der Waals surface area contributed by atoms with Gasteiger partial charge in [0.15, 0.2) is 11.5 Å². The average Bonchev–Trinajstić information content (AvgIpc) is 3.29. The Bertz CT molecular complexity index is 1170. The molecule has 0 aliphatic rings. The first-order valence-electron chi connectivity index (χ1n) is 7.77. The van der Waals surface area contributed by atoms with Gasteiger partial charge in [0.1, 0.15) is 5.69 Å². The highest BCUT2D eigenvalue weighted by Crippen LogP contribution is 2.32. The molecule has 28 heavy (non-hydrogen) atoms. The molecule has 0 aliphatic heterocycles. The van der Waals surface area contributed by atoms with E-state index in [1.807, 2.05) is 0 Å². The van der Waals surface area contributed by atoms with Gasteiger partial charge in [0.2, 0.25) is 5.82 Å². The fourth-order valence-electron chi connectivity index (χ4n) is 2.47. The molecule has 0 bridgehead atoms. The molecular formula is C17H9ClF3N5O2. The number of nitrogens with one attached hydrogen (secondary N) is 1. The van der Waals surface area contributed by atoms with E-state index in [1.54, 1.807) is 18.2 Å². The monoisotopic (exact) mass is 407 g/mol. The lowest BCUT2D eigenvalue weighted by atomic mass is 10.2. The number of benzene rings is 1. The first-order valence-corrected chi connectivity index (χ1v) is 8.15. The van der Waals surface area contributed by atoms with E-state index in [1.165, 1.54) is 24.5 Å². The Labute approximate surface area is 159 Å². The predicted octanol–water partition coefficient (Wildman–Crippen LogP) is 4.31. The molecule has 142 valence electrons. The Balaban J connectivity index is 1.78. The van der Waals surface area contributed by atoms with Crippen LogP contribution < -0.4 is 5.32 Å². The molecule has 3 heterocycles. The van der Waals surface area contributed by atoms with E-state index in [9.17, 15) is 18.0 Å². The van der Waals surface area contributed by atoms with E-state index >= 15 is 0 Å². The SMILES string of the molecule is O=C(Nc1cccc(Cl)c1)c1nc2nc(-c3ccco3)cc(C(F)(F)F)n2n1. The fraction of sp³-hybridized carbons (Fsp3) is 0.0588. The van der Waals surface area contributed by atoms with Crippen molar-refractivity contribution in [3.63, 3.8) is 0 Å². The lowest BCUT2D eigenvalue weighted by molar-refractivity contribution is -0.142. The van der Waals surface area contributed by atoms with Crippen molar-refractivity contribution in [1.82, 2.24) is 19.6 Å². The van der Waals surface area contributed by atoms with E-state index in [2.05, 4.69) is 20.4 Å². The summed E-state index contributed by atoms with van der Waals surface area (Å²) in [7, 11) is 0. The number of rotatable bonds is 3. The van der Waals surface area contributed by atoms with Crippen molar-refractivity contribution in [2.24, 2.45) is 0 Å². The minimum Gasteiger partial charge on any atom is -0.463 e. The predicted molar refractivity (Wildman–Crippen MR) is 92.9 cm³/mol. The van der Waals surface area contributed by atoms with E-state index in [0.29, 0.717) is 15.2 Å². The Morgan fingerprint density at radius 2 is 1.96 bits per heavy atom. The third-order valence-corrected chi connectivity index (χ3v) is 3.90. The lowest BCUT2D eigenvalue weighted by Crippen LogP contribution is -2.16. The molecule has 0 fully saturated rings. The largest absolute Gasteiger partial charge is 0.463 e. The van der Waals surface area contributed by atoms with Gasteiger partial charge in [0.05, 0.1) is 6.26 Å². The second kappa shape index (κ2) is 6.64. The normalized spacial score (nSPS) is 11.7. The molecule has 1 aromatic carbocycles. The highest BCUT2D eigenvalue weighted by molar-refractivity contribution is 6.30. The molecule has 0 spiro atoms. The van der Waals surface area contributed by atoms with Crippen LogP contribution in [0.3, 0.4) is 0 Å². The van der Waals surface area contributed by atoms with Gasteiger partial charge in [-0.3, -0.25) is 4.79 Å². The molecule has 0 saturated heterocycles. The van der Waals surface area contributed by atoms with Crippen LogP contribution in [-0.2, 0) is 6.18 Å². The maximum atomic E-state index is 13.5. The number of amides is 1. The van der Waals surface area contributed by atoms with Crippen LogP contribution in [0.4, 0.5) is 18.9 Å². The van der Waals surface area contributed by atoms with E-state index in [0.717, 1.165) is 6.07 Å².